The summed E-state index contributed by atoms with van der Waals surface area (Å²) in [6, 6.07) is 7.15. The Labute approximate surface area is 95.6 Å². The highest BCUT2D eigenvalue weighted by atomic mass is 16.5. The van der Waals surface area contributed by atoms with E-state index in [1.54, 1.807) is 18.2 Å². The highest BCUT2D eigenvalue weighted by molar-refractivity contribution is 5.86. The number of carbonyl (C=O) groups excluding carboxylic acids is 1. The molecule has 0 spiro atoms. The highest BCUT2D eigenvalue weighted by Gasteiger charge is 2.15. The van der Waals surface area contributed by atoms with E-state index in [0.717, 1.165) is 0 Å². The fourth-order valence-corrected chi connectivity index (χ4v) is 1.13. The lowest BCUT2D eigenvalue weighted by molar-refractivity contribution is 0.131. The monoisotopic (exact) mass is 222 g/mol. The van der Waals surface area contributed by atoms with E-state index in [4.69, 9.17) is 4.74 Å². The fourth-order valence-electron chi connectivity index (χ4n) is 1.13. The number of anilines is 1. The van der Waals surface area contributed by atoms with Gasteiger partial charge in [-0.3, -0.25) is 5.32 Å². The van der Waals surface area contributed by atoms with Crippen molar-refractivity contribution in [1.29, 1.82) is 0 Å². The molecular formula is C12H16NO3. The van der Waals surface area contributed by atoms with Crippen LogP contribution in [0.25, 0.3) is 0 Å². The molecule has 0 atom stereocenters. The van der Waals surface area contributed by atoms with Gasteiger partial charge in [0, 0.05) is 0 Å². The molecule has 0 fully saturated rings. The minimum Gasteiger partial charge on any atom is -0.486 e. The molecule has 87 valence electrons. The van der Waals surface area contributed by atoms with Crippen molar-refractivity contribution in [3.05, 3.63) is 31.4 Å². The topological polar surface area (TPSA) is 47.6 Å². The first kappa shape index (κ1) is 12.4. The van der Waals surface area contributed by atoms with Gasteiger partial charge < -0.3 is 9.47 Å². The molecule has 1 N–H and O–H groups in total. The molecule has 0 aliphatic heterocycles. The van der Waals surface area contributed by atoms with Crippen molar-refractivity contribution in [3.63, 3.8) is 0 Å². The van der Waals surface area contributed by atoms with Gasteiger partial charge >= 0.3 is 6.09 Å². The average molecular weight is 222 g/mol. The Balaban J connectivity index is 2.87. The van der Waals surface area contributed by atoms with Gasteiger partial charge in [-0.2, -0.15) is 0 Å². The summed E-state index contributed by atoms with van der Waals surface area (Å²) < 4.78 is 9.97. The minimum atomic E-state index is -0.620. The van der Waals surface area contributed by atoms with E-state index in [1.165, 1.54) is 0 Å². The van der Waals surface area contributed by atoms with Gasteiger partial charge in [0.1, 0.15) is 18.5 Å². The molecule has 16 heavy (non-hydrogen) atoms. The van der Waals surface area contributed by atoms with Crippen molar-refractivity contribution in [2.24, 2.45) is 0 Å². The molecule has 1 aromatic rings. The Hall–Kier alpha value is -1.71. The largest absolute Gasteiger partial charge is 0.486 e. The summed E-state index contributed by atoms with van der Waals surface area (Å²) in [5.41, 5.74) is 0.234. The third kappa shape index (κ3) is 3.81. The Morgan fingerprint density at radius 3 is 2.50 bits per heavy atom. The second-order valence-electron chi connectivity index (χ2n) is 4.27. The first-order valence-corrected chi connectivity index (χ1v) is 4.93. The Kier molecular flexibility index (Phi) is 3.77. The summed E-state index contributed by atoms with van der Waals surface area (Å²) in [6.07, 6.45) is -0.620. The Bertz CT molecular complexity index is 369. The number of ether oxygens (including phenoxy) is 2. The molecule has 0 unspecified atom stereocenters. The molecule has 0 saturated heterocycles. The van der Waals surface area contributed by atoms with Gasteiger partial charge in [-0.1, -0.05) is 12.1 Å². The van der Waals surface area contributed by atoms with Crippen molar-refractivity contribution in [2.45, 2.75) is 26.4 Å². The van der Waals surface area contributed by atoms with E-state index in [-0.39, 0.29) is 5.60 Å². The van der Waals surface area contributed by atoms with Gasteiger partial charge in [0.2, 0.25) is 0 Å². The lowest BCUT2D eigenvalue weighted by Gasteiger charge is -2.23. The number of carbonyl (C=O) groups is 1. The minimum absolute atomic E-state index is 0.327. The normalized spacial score (nSPS) is 10.8. The van der Waals surface area contributed by atoms with Crippen molar-refractivity contribution in [3.8, 4) is 5.75 Å². The number of para-hydroxylation sites is 2. The molecule has 4 heteroatoms. The van der Waals surface area contributed by atoms with Crippen molar-refractivity contribution in [2.75, 3.05) is 5.32 Å². The highest BCUT2D eigenvalue weighted by Crippen LogP contribution is 2.27. The SMILES string of the molecule is [CH2]OC(=O)Nc1ccccc1OC(C)(C)C. The summed E-state index contributed by atoms with van der Waals surface area (Å²) in [6.45, 7) is 5.80. The van der Waals surface area contributed by atoms with Gasteiger partial charge in [-0.15, -0.1) is 0 Å². The lowest BCUT2D eigenvalue weighted by Crippen LogP contribution is -2.24. The molecule has 1 amide bonds. The van der Waals surface area contributed by atoms with Crippen LogP contribution in [0, 0.1) is 7.11 Å². The molecule has 0 saturated carbocycles. The van der Waals surface area contributed by atoms with E-state index < -0.39 is 6.09 Å². The van der Waals surface area contributed by atoms with Crippen LogP contribution in [0.4, 0.5) is 10.5 Å². The summed E-state index contributed by atoms with van der Waals surface area (Å²) in [4.78, 5) is 11.0. The predicted octanol–water partition coefficient (Wildman–Crippen LogP) is 3.20. The Morgan fingerprint density at radius 1 is 1.31 bits per heavy atom. The summed E-state index contributed by atoms with van der Waals surface area (Å²) >= 11 is 0. The van der Waals surface area contributed by atoms with Crippen LogP contribution in [0.15, 0.2) is 24.3 Å². The maximum Gasteiger partial charge on any atom is 0.411 e. The van der Waals surface area contributed by atoms with E-state index in [1.807, 2.05) is 26.8 Å². The zero-order valence-electron chi connectivity index (χ0n) is 9.74. The molecule has 0 aromatic heterocycles. The third-order valence-corrected chi connectivity index (χ3v) is 1.67. The molecule has 4 nitrogen and oxygen atoms in total. The zero-order chi connectivity index (χ0) is 12.2. The summed E-state index contributed by atoms with van der Waals surface area (Å²) in [5, 5.41) is 2.53. The fraction of sp³-hybridized carbons (Fsp3) is 0.333. The van der Waals surface area contributed by atoms with Crippen LogP contribution >= 0.6 is 0 Å². The summed E-state index contributed by atoms with van der Waals surface area (Å²) in [7, 11) is 3.03. The first-order valence-electron chi connectivity index (χ1n) is 4.93. The zero-order valence-corrected chi connectivity index (χ0v) is 9.74. The second-order valence-corrected chi connectivity index (χ2v) is 4.27. The number of hydrogen-bond acceptors (Lipinski definition) is 3. The standard InChI is InChI=1S/C12H16NO3/c1-12(2,3)16-10-8-6-5-7-9(10)13-11(14)15-4/h5-8H,4H2,1-3H3,(H,13,14). The molecule has 1 aromatic carbocycles. The molecular weight excluding hydrogens is 206 g/mol. The van der Waals surface area contributed by atoms with Crippen LogP contribution in [0.1, 0.15) is 20.8 Å². The van der Waals surface area contributed by atoms with E-state index in [2.05, 4.69) is 17.2 Å². The number of benzene rings is 1. The maximum absolute atomic E-state index is 11.0. The van der Waals surface area contributed by atoms with Crippen LogP contribution in [0.5, 0.6) is 5.75 Å². The van der Waals surface area contributed by atoms with Crippen LogP contribution < -0.4 is 10.1 Å². The van der Waals surface area contributed by atoms with E-state index >= 15 is 0 Å². The Morgan fingerprint density at radius 2 is 1.94 bits per heavy atom. The maximum atomic E-state index is 11.0. The van der Waals surface area contributed by atoms with Crippen LogP contribution in [-0.2, 0) is 4.74 Å². The molecule has 0 bridgehead atoms. The number of nitrogens with one attached hydrogen (secondary N) is 1. The molecule has 1 radical (unpaired) electrons. The van der Waals surface area contributed by atoms with Crippen LogP contribution in [0.3, 0.4) is 0 Å². The molecule has 1 rings (SSSR count). The number of rotatable bonds is 2. The van der Waals surface area contributed by atoms with Crippen LogP contribution in [0.2, 0.25) is 0 Å². The van der Waals surface area contributed by atoms with Crippen molar-refractivity contribution in [1.82, 2.24) is 0 Å². The predicted molar refractivity (Wildman–Crippen MR) is 62.3 cm³/mol. The first-order chi connectivity index (χ1) is 7.42. The molecule has 0 heterocycles. The quantitative estimate of drug-likeness (QED) is 0.835. The van der Waals surface area contributed by atoms with Gasteiger partial charge in [-0.05, 0) is 32.9 Å². The number of amides is 1. The van der Waals surface area contributed by atoms with Crippen molar-refractivity contribution < 1.29 is 14.3 Å². The van der Waals surface area contributed by atoms with Crippen LogP contribution in [-0.4, -0.2) is 11.7 Å². The lowest BCUT2D eigenvalue weighted by atomic mass is 10.2. The van der Waals surface area contributed by atoms with Gasteiger partial charge in [0.25, 0.3) is 0 Å². The average Bonchev–Trinajstić information content (AvgIpc) is 2.18. The summed E-state index contributed by atoms with van der Waals surface area (Å²) in [5.74, 6) is 0.598. The second kappa shape index (κ2) is 4.88. The number of hydrogen-bond donors (Lipinski definition) is 1. The van der Waals surface area contributed by atoms with Gasteiger partial charge in [-0.25, -0.2) is 4.79 Å². The molecule has 0 aliphatic carbocycles. The smallest absolute Gasteiger partial charge is 0.411 e. The van der Waals surface area contributed by atoms with Gasteiger partial charge in [0.05, 0.1) is 5.69 Å². The third-order valence-electron chi connectivity index (χ3n) is 1.67. The van der Waals surface area contributed by atoms with E-state index in [9.17, 15) is 4.79 Å². The van der Waals surface area contributed by atoms with E-state index in [0.29, 0.717) is 11.4 Å². The van der Waals surface area contributed by atoms with Gasteiger partial charge in [0.15, 0.2) is 0 Å². The van der Waals surface area contributed by atoms with Crippen molar-refractivity contribution >= 4 is 11.8 Å². The molecule has 0 aliphatic rings.